The Morgan fingerprint density at radius 1 is 1.53 bits per heavy atom. The van der Waals surface area contributed by atoms with E-state index in [1.165, 1.54) is 0 Å². The second-order valence-corrected chi connectivity index (χ2v) is 4.74. The van der Waals surface area contributed by atoms with Gasteiger partial charge in [-0.05, 0) is 44.9 Å². The maximum atomic E-state index is 12.4. The van der Waals surface area contributed by atoms with Gasteiger partial charge in [-0.1, -0.05) is 17.7 Å². The van der Waals surface area contributed by atoms with Crippen molar-refractivity contribution in [3.63, 3.8) is 0 Å². The first kappa shape index (κ1) is 12.1. The molecular weight excluding hydrogens is 212 g/mol. The Kier molecular flexibility index (Phi) is 3.79. The summed E-state index contributed by atoms with van der Waals surface area (Å²) in [6.45, 7) is 3.54. The van der Waals surface area contributed by atoms with Gasteiger partial charge in [0.2, 0.25) is 0 Å². The molecule has 1 atom stereocenters. The number of carbonyl (C=O) groups excluding carboxylic acids is 1. The summed E-state index contributed by atoms with van der Waals surface area (Å²) in [5.74, 6) is 0.157. The summed E-state index contributed by atoms with van der Waals surface area (Å²) in [7, 11) is 0. The average Bonchev–Trinajstić information content (AvgIpc) is 2.77. The van der Waals surface area contributed by atoms with Crippen molar-refractivity contribution in [2.75, 3.05) is 13.1 Å². The Labute approximate surface area is 103 Å². The van der Waals surface area contributed by atoms with Gasteiger partial charge in [-0.2, -0.15) is 0 Å². The summed E-state index contributed by atoms with van der Waals surface area (Å²) in [6, 6.07) is 8.15. The third-order valence-electron chi connectivity index (χ3n) is 3.40. The first-order valence-electron chi connectivity index (χ1n) is 6.30. The van der Waals surface area contributed by atoms with Gasteiger partial charge in [0.05, 0.1) is 0 Å². The normalized spacial score (nSPS) is 19.6. The molecule has 1 aromatic carbocycles. The van der Waals surface area contributed by atoms with E-state index >= 15 is 0 Å². The molecule has 92 valence electrons. The lowest BCUT2D eigenvalue weighted by atomic mass is 10.1. The molecule has 0 aromatic heterocycles. The van der Waals surface area contributed by atoms with Crippen LogP contribution in [0.5, 0.6) is 0 Å². The van der Waals surface area contributed by atoms with Crippen LogP contribution in [0.1, 0.15) is 35.2 Å². The Morgan fingerprint density at radius 2 is 2.35 bits per heavy atom. The molecule has 1 fully saturated rings. The number of benzene rings is 1. The standard InChI is InChI=1S/C14H20N2O/c1-11-4-2-5-12(10-11)14(17)16-9-3-6-13(16)7-8-15/h2,4-5,10,13H,3,6-9,15H2,1H3. The van der Waals surface area contributed by atoms with Crippen LogP contribution in [0.2, 0.25) is 0 Å². The number of rotatable bonds is 3. The van der Waals surface area contributed by atoms with Crippen molar-refractivity contribution in [3.05, 3.63) is 35.4 Å². The number of amides is 1. The van der Waals surface area contributed by atoms with Crippen molar-refractivity contribution in [2.45, 2.75) is 32.2 Å². The van der Waals surface area contributed by atoms with Gasteiger partial charge >= 0.3 is 0 Å². The maximum absolute atomic E-state index is 12.4. The zero-order valence-electron chi connectivity index (χ0n) is 10.4. The van der Waals surface area contributed by atoms with Crippen molar-refractivity contribution < 1.29 is 4.79 Å². The van der Waals surface area contributed by atoms with Gasteiger partial charge in [0.15, 0.2) is 0 Å². The first-order valence-corrected chi connectivity index (χ1v) is 6.30. The SMILES string of the molecule is Cc1cccc(C(=O)N2CCCC2CCN)c1. The quantitative estimate of drug-likeness (QED) is 0.865. The largest absolute Gasteiger partial charge is 0.336 e. The van der Waals surface area contributed by atoms with Crippen LogP contribution in [0.25, 0.3) is 0 Å². The number of hydrogen-bond donors (Lipinski definition) is 1. The van der Waals surface area contributed by atoms with E-state index in [1.807, 2.05) is 36.1 Å². The molecule has 2 N–H and O–H groups in total. The summed E-state index contributed by atoms with van der Waals surface area (Å²) >= 11 is 0. The summed E-state index contributed by atoms with van der Waals surface area (Å²) in [5, 5.41) is 0. The third kappa shape index (κ3) is 2.67. The summed E-state index contributed by atoms with van der Waals surface area (Å²) in [4.78, 5) is 14.4. The van der Waals surface area contributed by atoms with Crippen molar-refractivity contribution in [1.29, 1.82) is 0 Å². The number of nitrogens with zero attached hydrogens (tertiary/aromatic N) is 1. The molecule has 1 heterocycles. The second kappa shape index (κ2) is 5.32. The molecule has 1 aliphatic rings. The van der Waals surface area contributed by atoms with Crippen LogP contribution in [0.4, 0.5) is 0 Å². The minimum Gasteiger partial charge on any atom is -0.336 e. The molecule has 0 saturated carbocycles. The lowest BCUT2D eigenvalue weighted by molar-refractivity contribution is 0.0732. The second-order valence-electron chi connectivity index (χ2n) is 4.74. The lowest BCUT2D eigenvalue weighted by Crippen LogP contribution is -2.36. The molecule has 2 rings (SSSR count). The van der Waals surface area contributed by atoms with Gasteiger partial charge in [0.25, 0.3) is 5.91 Å². The minimum atomic E-state index is 0.157. The number of hydrogen-bond acceptors (Lipinski definition) is 2. The van der Waals surface area contributed by atoms with Crippen molar-refractivity contribution in [1.82, 2.24) is 4.90 Å². The van der Waals surface area contributed by atoms with Gasteiger partial charge < -0.3 is 10.6 Å². The lowest BCUT2D eigenvalue weighted by Gasteiger charge is -2.24. The maximum Gasteiger partial charge on any atom is 0.254 e. The molecule has 0 aliphatic carbocycles. The summed E-state index contributed by atoms with van der Waals surface area (Å²) in [5.41, 5.74) is 7.53. The smallest absolute Gasteiger partial charge is 0.254 e. The Balaban J connectivity index is 2.14. The predicted molar refractivity (Wildman–Crippen MR) is 68.9 cm³/mol. The van der Waals surface area contributed by atoms with E-state index in [9.17, 15) is 4.79 Å². The highest BCUT2D eigenvalue weighted by molar-refractivity contribution is 5.94. The van der Waals surface area contributed by atoms with Crippen LogP contribution in [-0.2, 0) is 0 Å². The molecule has 0 radical (unpaired) electrons. The number of aryl methyl sites for hydroxylation is 1. The van der Waals surface area contributed by atoms with Crippen molar-refractivity contribution in [3.8, 4) is 0 Å². The number of nitrogens with two attached hydrogens (primary N) is 1. The van der Waals surface area contributed by atoms with E-state index in [1.54, 1.807) is 0 Å². The highest BCUT2D eigenvalue weighted by Crippen LogP contribution is 2.22. The molecule has 1 saturated heterocycles. The van der Waals surface area contributed by atoms with Crippen LogP contribution >= 0.6 is 0 Å². The molecule has 1 unspecified atom stereocenters. The van der Waals surface area contributed by atoms with E-state index in [0.29, 0.717) is 12.6 Å². The van der Waals surface area contributed by atoms with Gasteiger partial charge in [0, 0.05) is 18.2 Å². The van der Waals surface area contributed by atoms with Crippen molar-refractivity contribution >= 4 is 5.91 Å². The fourth-order valence-corrected chi connectivity index (χ4v) is 2.54. The van der Waals surface area contributed by atoms with E-state index < -0.39 is 0 Å². The molecule has 0 spiro atoms. The fourth-order valence-electron chi connectivity index (χ4n) is 2.54. The highest BCUT2D eigenvalue weighted by atomic mass is 16.2. The Morgan fingerprint density at radius 3 is 3.06 bits per heavy atom. The molecular formula is C14H20N2O. The van der Waals surface area contributed by atoms with Crippen LogP contribution in [0.15, 0.2) is 24.3 Å². The van der Waals surface area contributed by atoms with Gasteiger partial charge in [-0.25, -0.2) is 0 Å². The fraction of sp³-hybridized carbons (Fsp3) is 0.500. The van der Waals surface area contributed by atoms with E-state index in [-0.39, 0.29) is 5.91 Å². The zero-order chi connectivity index (χ0) is 12.3. The third-order valence-corrected chi connectivity index (χ3v) is 3.40. The predicted octanol–water partition coefficient (Wildman–Crippen LogP) is 1.95. The monoisotopic (exact) mass is 232 g/mol. The average molecular weight is 232 g/mol. The van der Waals surface area contributed by atoms with Crippen molar-refractivity contribution in [2.24, 2.45) is 5.73 Å². The number of likely N-dealkylation sites (tertiary alicyclic amines) is 1. The summed E-state index contributed by atoms with van der Waals surface area (Å²) in [6.07, 6.45) is 3.11. The molecule has 1 aliphatic heterocycles. The number of carbonyl (C=O) groups is 1. The molecule has 3 heteroatoms. The van der Waals surface area contributed by atoms with Gasteiger partial charge in [-0.3, -0.25) is 4.79 Å². The molecule has 17 heavy (non-hydrogen) atoms. The van der Waals surface area contributed by atoms with Crippen LogP contribution in [0, 0.1) is 6.92 Å². The van der Waals surface area contributed by atoms with E-state index in [2.05, 4.69) is 0 Å². The molecule has 3 nitrogen and oxygen atoms in total. The van der Waals surface area contributed by atoms with Crippen LogP contribution in [0.3, 0.4) is 0 Å². The minimum absolute atomic E-state index is 0.157. The van der Waals surface area contributed by atoms with Gasteiger partial charge in [-0.15, -0.1) is 0 Å². The van der Waals surface area contributed by atoms with E-state index in [0.717, 1.165) is 36.9 Å². The highest BCUT2D eigenvalue weighted by Gasteiger charge is 2.28. The Bertz CT molecular complexity index is 403. The molecule has 1 aromatic rings. The molecule has 1 amide bonds. The summed E-state index contributed by atoms with van der Waals surface area (Å²) < 4.78 is 0. The first-order chi connectivity index (χ1) is 8.22. The van der Waals surface area contributed by atoms with Crippen LogP contribution in [-0.4, -0.2) is 29.9 Å². The van der Waals surface area contributed by atoms with Crippen LogP contribution < -0.4 is 5.73 Å². The Hall–Kier alpha value is -1.35. The van der Waals surface area contributed by atoms with Gasteiger partial charge in [0.1, 0.15) is 0 Å². The van der Waals surface area contributed by atoms with E-state index in [4.69, 9.17) is 5.73 Å². The zero-order valence-corrected chi connectivity index (χ0v) is 10.4. The topological polar surface area (TPSA) is 46.3 Å². The molecule has 0 bridgehead atoms.